The molecule has 0 aliphatic carbocycles. The van der Waals surface area contributed by atoms with Gasteiger partial charge in [0.15, 0.2) is 0 Å². The largest absolute Gasteiger partial charge is 0.226 e. The molecule has 0 saturated carbocycles. The molecule has 0 saturated heterocycles. The Bertz CT molecular complexity index is 144. The summed E-state index contributed by atoms with van der Waals surface area (Å²) in [5.41, 5.74) is 1.49. The summed E-state index contributed by atoms with van der Waals surface area (Å²) >= 11 is 1.32. The van der Waals surface area contributed by atoms with E-state index in [0.29, 0.717) is 4.88 Å². The Hall–Kier alpha value is -0.440. The molecule has 1 nitrogen and oxygen atoms in total. The molecule has 0 aliphatic rings. The van der Waals surface area contributed by atoms with E-state index in [-0.39, 0.29) is 5.95 Å². The summed E-state index contributed by atoms with van der Waals surface area (Å²) in [6.45, 7) is 1.70. The van der Waals surface area contributed by atoms with Crippen molar-refractivity contribution in [3.8, 4) is 0 Å². The molecule has 0 fully saturated rings. The Morgan fingerprint density at radius 3 is 2.71 bits per heavy atom. The van der Waals surface area contributed by atoms with E-state index in [2.05, 4.69) is 4.98 Å². The van der Waals surface area contributed by atoms with Crippen molar-refractivity contribution in [3.63, 3.8) is 0 Å². The van der Waals surface area contributed by atoms with Gasteiger partial charge in [0.25, 0.3) is 0 Å². The van der Waals surface area contributed by atoms with Crippen molar-refractivity contribution in [2.75, 3.05) is 0 Å². The van der Waals surface area contributed by atoms with Gasteiger partial charge in [0.1, 0.15) is 0 Å². The monoisotopic (exact) mass is 117 g/mol. The minimum atomic E-state index is -0.343. The van der Waals surface area contributed by atoms with Crippen LogP contribution in [0.1, 0.15) is 4.88 Å². The smallest absolute Gasteiger partial charge is 0.216 e. The topological polar surface area (TPSA) is 12.9 Å². The van der Waals surface area contributed by atoms with Crippen molar-refractivity contribution in [3.05, 3.63) is 16.3 Å². The SMILES string of the molecule is Cc1scnc1F. The van der Waals surface area contributed by atoms with Crippen LogP contribution in [0.5, 0.6) is 0 Å². The second kappa shape index (κ2) is 1.58. The average Bonchev–Trinajstić information content (AvgIpc) is 1.91. The molecule has 0 atom stereocenters. The van der Waals surface area contributed by atoms with Crippen LogP contribution >= 0.6 is 11.3 Å². The molecule has 0 amide bonds. The average molecular weight is 117 g/mol. The highest BCUT2D eigenvalue weighted by molar-refractivity contribution is 7.09. The molecule has 0 N–H and O–H groups in total. The van der Waals surface area contributed by atoms with Crippen LogP contribution < -0.4 is 0 Å². The molecule has 1 aromatic heterocycles. The third kappa shape index (κ3) is 0.771. The van der Waals surface area contributed by atoms with Crippen molar-refractivity contribution >= 4 is 11.3 Å². The molecule has 0 unspecified atom stereocenters. The van der Waals surface area contributed by atoms with Crippen LogP contribution in [-0.4, -0.2) is 4.98 Å². The van der Waals surface area contributed by atoms with E-state index in [0.717, 1.165) is 0 Å². The molecule has 38 valence electrons. The highest BCUT2D eigenvalue weighted by Crippen LogP contribution is 2.07. The third-order valence-corrected chi connectivity index (χ3v) is 1.42. The number of thiazole rings is 1. The zero-order valence-electron chi connectivity index (χ0n) is 3.81. The standard InChI is InChI=1S/C4H4FNS/c1-3-4(5)6-2-7-3/h2H,1H3. The minimum Gasteiger partial charge on any atom is -0.216 e. The number of aryl methyl sites for hydroxylation is 1. The minimum absolute atomic E-state index is 0.343. The first-order chi connectivity index (χ1) is 3.30. The number of nitrogens with zero attached hydrogens (tertiary/aromatic N) is 1. The predicted molar refractivity (Wildman–Crippen MR) is 26.8 cm³/mol. The predicted octanol–water partition coefficient (Wildman–Crippen LogP) is 1.59. The molecular formula is C4H4FNS. The van der Waals surface area contributed by atoms with Crippen LogP contribution in [0.15, 0.2) is 5.51 Å². The van der Waals surface area contributed by atoms with E-state index in [9.17, 15) is 4.39 Å². The van der Waals surface area contributed by atoms with Crippen LogP contribution in [0.2, 0.25) is 0 Å². The van der Waals surface area contributed by atoms with Gasteiger partial charge in [0.05, 0.1) is 10.4 Å². The van der Waals surface area contributed by atoms with Gasteiger partial charge in [-0.3, -0.25) is 0 Å². The lowest BCUT2D eigenvalue weighted by atomic mass is 10.6. The number of rotatable bonds is 0. The second-order valence-corrected chi connectivity index (χ2v) is 2.26. The highest BCUT2D eigenvalue weighted by Gasteiger charge is 1.94. The van der Waals surface area contributed by atoms with Gasteiger partial charge < -0.3 is 0 Å². The maximum Gasteiger partial charge on any atom is 0.226 e. The fourth-order valence-electron chi connectivity index (χ4n) is 0.291. The summed E-state index contributed by atoms with van der Waals surface area (Å²) in [6, 6.07) is 0. The van der Waals surface area contributed by atoms with Gasteiger partial charge in [0, 0.05) is 0 Å². The quantitative estimate of drug-likeness (QED) is 0.503. The maximum atomic E-state index is 12.0. The van der Waals surface area contributed by atoms with Gasteiger partial charge in [-0.1, -0.05) is 0 Å². The lowest BCUT2D eigenvalue weighted by molar-refractivity contribution is 0.584. The van der Waals surface area contributed by atoms with E-state index in [1.165, 1.54) is 16.8 Å². The van der Waals surface area contributed by atoms with Crippen molar-refractivity contribution in [1.82, 2.24) is 4.98 Å². The summed E-state index contributed by atoms with van der Waals surface area (Å²) in [4.78, 5) is 4.02. The Morgan fingerprint density at radius 2 is 2.57 bits per heavy atom. The van der Waals surface area contributed by atoms with Gasteiger partial charge in [-0.25, -0.2) is 4.98 Å². The second-order valence-electron chi connectivity index (χ2n) is 1.20. The van der Waals surface area contributed by atoms with Crippen LogP contribution in [0, 0.1) is 12.9 Å². The summed E-state index contributed by atoms with van der Waals surface area (Å²) < 4.78 is 12.0. The normalized spacial score (nSPS) is 9.43. The molecule has 0 aromatic carbocycles. The first-order valence-electron chi connectivity index (χ1n) is 1.86. The molecule has 3 heteroatoms. The fourth-order valence-corrected chi connectivity index (χ4v) is 0.745. The Labute approximate surface area is 44.8 Å². The molecule has 0 radical (unpaired) electrons. The van der Waals surface area contributed by atoms with E-state index >= 15 is 0 Å². The van der Waals surface area contributed by atoms with Crippen LogP contribution in [0.25, 0.3) is 0 Å². The summed E-state index contributed by atoms with van der Waals surface area (Å²) in [5, 5.41) is 0. The molecule has 1 rings (SSSR count). The van der Waals surface area contributed by atoms with Gasteiger partial charge >= 0.3 is 0 Å². The molecule has 7 heavy (non-hydrogen) atoms. The van der Waals surface area contributed by atoms with E-state index in [1.54, 1.807) is 6.92 Å². The lowest BCUT2D eigenvalue weighted by Crippen LogP contribution is -1.70. The molecular weight excluding hydrogens is 113 g/mol. The zero-order valence-corrected chi connectivity index (χ0v) is 4.63. The van der Waals surface area contributed by atoms with Gasteiger partial charge in [-0.15, -0.1) is 11.3 Å². The van der Waals surface area contributed by atoms with Crippen molar-refractivity contribution < 1.29 is 4.39 Å². The van der Waals surface area contributed by atoms with Crippen LogP contribution in [0.4, 0.5) is 4.39 Å². The first kappa shape index (κ1) is 4.71. The summed E-state index contributed by atoms with van der Waals surface area (Å²) in [6.07, 6.45) is 0. The molecule has 1 aromatic rings. The number of aromatic nitrogens is 1. The molecule has 0 aliphatic heterocycles. The Morgan fingerprint density at radius 1 is 1.86 bits per heavy atom. The van der Waals surface area contributed by atoms with Gasteiger partial charge in [-0.05, 0) is 6.92 Å². The summed E-state index contributed by atoms with van der Waals surface area (Å²) in [7, 11) is 0. The Kier molecular flexibility index (Phi) is 1.06. The van der Waals surface area contributed by atoms with Crippen molar-refractivity contribution in [2.45, 2.75) is 6.92 Å². The number of halogens is 1. The summed E-state index contributed by atoms with van der Waals surface area (Å²) in [5.74, 6) is -0.343. The van der Waals surface area contributed by atoms with Crippen LogP contribution in [0.3, 0.4) is 0 Å². The lowest BCUT2D eigenvalue weighted by Gasteiger charge is -1.72. The van der Waals surface area contributed by atoms with Crippen LogP contribution in [-0.2, 0) is 0 Å². The molecule has 1 heterocycles. The first-order valence-corrected chi connectivity index (χ1v) is 2.74. The highest BCUT2D eigenvalue weighted by atomic mass is 32.1. The zero-order chi connectivity index (χ0) is 5.28. The van der Waals surface area contributed by atoms with Gasteiger partial charge in [0.2, 0.25) is 5.95 Å². The fraction of sp³-hybridized carbons (Fsp3) is 0.250. The van der Waals surface area contributed by atoms with E-state index in [4.69, 9.17) is 0 Å². The van der Waals surface area contributed by atoms with Crippen molar-refractivity contribution in [1.29, 1.82) is 0 Å². The Balaban J connectivity index is 3.12. The number of hydrogen-bond acceptors (Lipinski definition) is 2. The number of hydrogen-bond donors (Lipinski definition) is 0. The third-order valence-electron chi connectivity index (χ3n) is 0.686. The maximum absolute atomic E-state index is 12.0. The van der Waals surface area contributed by atoms with Gasteiger partial charge in [-0.2, -0.15) is 4.39 Å². The molecule has 0 spiro atoms. The van der Waals surface area contributed by atoms with Crippen molar-refractivity contribution in [2.24, 2.45) is 0 Å². The van der Waals surface area contributed by atoms with E-state index in [1.807, 2.05) is 0 Å². The van der Waals surface area contributed by atoms with E-state index < -0.39 is 0 Å². The molecule has 0 bridgehead atoms.